The van der Waals surface area contributed by atoms with Crippen molar-refractivity contribution in [3.05, 3.63) is 52.5 Å². The van der Waals surface area contributed by atoms with Gasteiger partial charge in [0.2, 0.25) is 0 Å². The first-order chi connectivity index (χ1) is 7.40. The van der Waals surface area contributed by atoms with Crippen molar-refractivity contribution in [3.63, 3.8) is 0 Å². The Labute approximate surface area is 92.1 Å². The van der Waals surface area contributed by atoms with E-state index < -0.39 is 0 Å². The summed E-state index contributed by atoms with van der Waals surface area (Å²) in [5.74, 6) is 0. The largest absolute Gasteiger partial charge is 0.265 e. The molecule has 0 atom stereocenters. The van der Waals surface area contributed by atoms with Crippen LogP contribution in [0.15, 0.2) is 42.0 Å². The Hall–Kier alpha value is -1.92. The van der Waals surface area contributed by atoms with Gasteiger partial charge in [0.05, 0.1) is 11.6 Å². The van der Waals surface area contributed by atoms with E-state index in [1.807, 2.05) is 35.7 Å². The molecule has 2 nitrogen and oxygen atoms in total. The van der Waals surface area contributed by atoms with Gasteiger partial charge < -0.3 is 0 Å². The first-order valence-corrected chi connectivity index (χ1v) is 5.34. The monoisotopic (exact) mass is 212 g/mol. The maximum Gasteiger partial charge on any atom is 0.0998 e. The number of allylic oxidation sites excluding steroid dienone is 1. The van der Waals surface area contributed by atoms with E-state index in [0.29, 0.717) is 5.57 Å². The lowest BCUT2D eigenvalue weighted by Crippen LogP contribution is -1.80. The molecule has 0 aromatic carbocycles. The predicted octanol–water partition coefficient (Wildman–Crippen LogP) is 3.21. The van der Waals surface area contributed by atoms with Crippen LogP contribution in [-0.2, 0) is 0 Å². The van der Waals surface area contributed by atoms with Gasteiger partial charge >= 0.3 is 0 Å². The molecule has 2 aromatic rings. The first-order valence-electron chi connectivity index (χ1n) is 4.46. The molecule has 15 heavy (non-hydrogen) atoms. The van der Waals surface area contributed by atoms with E-state index in [0.717, 1.165) is 10.4 Å². The van der Waals surface area contributed by atoms with E-state index in [4.69, 9.17) is 5.26 Å². The smallest absolute Gasteiger partial charge is 0.0998 e. The van der Waals surface area contributed by atoms with Gasteiger partial charge in [-0.05, 0) is 35.2 Å². The van der Waals surface area contributed by atoms with E-state index in [-0.39, 0.29) is 0 Å². The highest BCUT2D eigenvalue weighted by Crippen LogP contribution is 2.19. The van der Waals surface area contributed by atoms with Crippen LogP contribution in [0.3, 0.4) is 0 Å². The van der Waals surface area contributed by atoms with Crippen LogP contribution in [0.25, 0.3) is 11.6 Å². The fraction of sp³-hybridized carbons (Fsp3) is 0. The molecule has 0 bridgehead atoms. The highest BCUT2D eigenvalue weighted by atomic mass is 32.1. The normalized spacial score (nSPS) is 11.0. The van der Waals surface area contributed by atoms with Crippen molar-refractivity contribution in [2.24, 2.45) is 0 Å². The maximum atomic E-state index is 9.04. The van der Waals surface area contributed by atoms with Gasteiger partial charge in [0, 0.05) is 17.3 Å². The number of rotatable bonds is 2. The molecule has 0 aliphatic heterocycles. The van der Waals surface area contributed by atoms with Crippen LogP contribution in [0.1, 0.15) is 10.4 Å². The summed E-state index contributed by atoms with van der Waals surface area (Å²) in [6.45, 7) is 0. The molecule has 0 aliphatic rings. The number of pyridine rings is 1. The Morgan fingerprint density at radius 3 is 2.73 bits per heavy atom. The molecule has 2 heterocycles. The molecule has 0 saturated heterocycles. The molecule has 0 N–H and O–H groups in total. The van der Waals surface area contributed by atoms with Gasteiger partial charge in [0.25, 0.3) is 0 Å². The average molecular weight is 212 g/mol. The number of hydrogen-bond acceptors (Lipinski definition) is 3. The number of aromatic nitrogens is 1. The molecule has 0 fully saturated rings. The lowest BCUT2D eigenvalue weighted by molar-refractivity contribution is 1.32. The molecule has 72 valence electrons. The molecular formula is C12H8N2S. The third kappa shape index (κ3) is 2.30. The van der Waals surface area contributed by atoms with Crippen LogP contribution in [0, 0.1) is 11.3 Å². The summed E-state index contributed by atoms with van der Waals surface area (Å²) in [6.07, 6.45) is 5.27. The highest BCUT2D eigenvalue weighted by molar-refractivity contribution is 7.10. The van der Waals surface area contributed by atoms with Gasteiger partial charge in [0.15, 0.2) is 0 Å². The van der Waals surface area contributed by atoms with Crippen molar-refractivity contribution < 1.29 is 0 Å². The van der Waals surface area contributed by atoms with Crippen LogP contribution < -0.4 is 0 Å². The van der Waals surface area contributed by atoms with Crippen LogP contribution in [0.2, 0.25) is 0 Å². The third-order valence-electron chi connectivity index (χ3n) is 1.94. The zero-order chi connectivity index (χ0) is 10.5. The van der Waals surface area contributed by atoms with Crippen molar-refractivity contribution in [2.45, 2.75) is 0 Å². The third-order valence-corrected chi connectivity index (χ3v) is 2.76. The highest BCUT2D eigenvalue weighted by Gasteiger charge is 2.00. The molecule has 2 aromatic heterocycles. The predicted molar refractivity (Wildman–Crippen MR) is 62.0 cm³/mol. The topological polar surface area (TPSA) is 36.7 Å². The lowest BCUT2D eigenvalue weighted by atomic mass is 10.1. The van der Waals surface area contributed by atoms with Gasteiger partial charge in [-0.15, -0.1) is 11.3 Å². The molecule has 0 saturated carbocycles. The van der Waals surface area contributed by atoms with Gasteiger partial charge in [-0.3, -0.25) is 4.98 Å². The first kappa shape index (κ1) is 9.63. The fourth-order valence-corrected chi connectivity index (χ4v) is 1.88. The Morgan fingerprint density at radius 2 is 2.13 bits per heavy atom. The van der Waals surface area contributed by atoms with Crippen molar-refractivity contribution in [3.8, 4) is 6.07 Å². The molecule has 0 radical (unpaired) electrons. The van der Waals surface area contributed by atoms with Crippen LogP contribution in [-0.4, -0.2) is 4.98 Å². The van der Waals surface area contributed by atoms with Crippen molar-refractivity contribution in [2.75, 3.05) is 0 Å². The molecule has 0 aliphatic carbocycles. The zero-order valence-corrected chi connectivity index (χ0v) is 8.74. The van der Waals surface area contributed by atoms with Crippen molar-refractivity contribution in [1.82, 2.24) is 4.98 Å². The summed E-state index contributed by atoms with van der Waals surface area (Å²) in [5, 5.41) is 11.0. The van der Waals surface area contributed by atoms with E-state index in [2.05, 4.69) is 11.1 Å². The fourth-order valence-electron chi connectivity index (χ4n) is 1.23. The number of nitriles is 1. The molecule has 3 heteroatoms. The quantitative estimate of drug-likeness (QED) is 0.717. The van der Waals surface area contributed by atoms with E-state index in [9.17, 15) is 0 Å². The summed E-state index contributed by atoms with van der Waals surface area (Å²) < 4.78 is 0. The summed E-state index contributed by atoms with van der Waals surface area (Å²) in [7, 11) is 0. The summed E-state index contributed by atoms with van der Waals surface area (Å²) >= 11 is 1.62. The van der Waals surface area contributed by atoms with Gasteiger partial charge in [-0.2, -0.15) is 5.26 Å². The molecular weight excluding hydrogens is 204 g/mol. The molecule has 2 rings (SSSR count). The maximum absolute atomic E-state index is 9.04. The minimum atomic E-state index is 0.667. The minimum Gasteiger partial charge on any atom is -0.265 e. The second-order valence-corrected chi connectivity index (χ2v) is 3.90. The van der Waals surface area contributed by atoms with Crippen molar-refractivity contribution >= 4 is 23.0 Å². The second-order valence-electron chi connectivity index (χ2n) is 2.92. The number of thiophene rings is 1. The van der Waals surface area contributed by atoms with E-state index in [1.165, 1.54) is 0 Å². The molecule has 0 unspecified atom stereocenters. The second kappa shape index (κ2) is 4.54. The average Bonchev–Trinajstić information content (AvgIpc) is 2.80. The van der Waals surface area contributed by atoms with Crippen LogP contribution >= 0.6 is 11.3 Å². The van der Waals surface area contributed by atoms with Crippen LogP contribution in [0.4, 0.5) is 0 Å². The summed E-state index contributed by atoms with van der Waals surface area (Å²) in [4.78, 5) is 5.01. The Morgan fingerprint density at radius 1 is 1.33 bits per heavy atom. The zero-order valence-electron chi connectivity index (χ0n) is 7.92. The summed E-state index contributed by atoms with van der Waals surface area (Å²) in [5.41, 5.74) is 1.57. The van der Waals surface area contributed by atoms with Gasteiger partial charge in [-0.1, -0.05) is 6.07 Å². The van der Waals surface area contributed by atoms with Crippen molar-refractivity contribution in [1.29, 1.82) is 5.26 Å². The number of hydrogen-bond donors (Lipinski definition) is 0. The Bertz CT molecular complexity index is 492. The van der Waals surface area contributed by atoms with Gasteiger partial charge in [0.1, 0.15) is 0 Å². The Kier molecular flexibility index (Phi) is 2.91. The van der Waals surface area contributed by atoms with Crippen LogP contribution in [0.5, 0.6) is 0 Å². The molecule has 0 amide bonds. The van der Waals surface area contributed by atoms with Gasteiger partial charge in [-0.25, -0.2) is 0 Å². The number of nitrogens with zero attached hydrogens (tertiary/aromatic N) is 2. The lowest BCUT2D eigenvalue weighted by Gasteiger charge is -1.96. The standard InChI is InChI=1S/C12H8N2S/c13-9-11(8-12-2-1-7-15-12)10-3-5-14-6-4-10/h1-8H/b11-8+. The minimum absolute atomic E-state index is 0.667. The Balaban J connectivity index is 2.38. The van der Waals surface area contributed by atoms with E-state index in [1.54, 1.807) is 23.7 Å². The summed E-state index contributed by atoms with van der Waals surface area (Å²) in [6, 6.07) is 9.83. The SMILES string of the molecule is N#C/C(=C\c1cccs1)c1ccncc1. The van der Waals surface area contributed by atoms with E-state index >= 15 is 0 Å². The molecule has 0 spiro atoms.